The lowest BCUT2D eigenvalue weighted by molar-refractivity contribution is -0.126. The Morgan fingerprint density at radius 2 is 2.27 bits per heavy atom. The molecule has 2 aromatic heterocycles. The summed E-state index contributed by atoms with van der Waals surface area (Å²) in [7, 11) is 0. The minimum atomic E-state index is -0.120. The van der Waals surface area contributed by atoms with Gasteiger partial charge in [0.15, 0.2) is 0 Å². The second-order valence-electron chi connectivity index (χ2n) is 5.77. The van der Waals surface area contributed by atoms with Crippen molar-refractivity contribution < 1.29 is 9.47 Å². The quantitative estimate of drug-likeness (QED) is 0.848. The second kappa shape index (κ2) is 5.44. The molecule has 4 rings (SSSR count). The van der Waals surface area contributed by atoms with Crippen LogP contribution in [-0.2, 0) is 4.74 Å². The molecular weight excluding hydrogens is 302 g/mol. The van der Waals surface area contributed by atoms with E-state index >= 15 is 0 Å². The van der Waals surface area contributed by atoms with E-state index in [-0.39, 0.29) is 11.7 Å². The third-order valence-electron chi connectivity index (χ3n) is 4.02. The molecule has 0 aliphatic carbocycles. The van der Waals surface area contributed by atoms with E-state index in [0.29, 0.717) is 12.5 Å². The number of rotatable bonds is 3. The zero-order valence-corrected chi connectivity index (χ0v) is 13.1. The predicted molar refractivity (Wildman–Crippen MR) is 81.2 cm³/mol. The van der Waals surface area contributed by atoms with Crippen LogP contribution in [0.25, 0.3) is 0 Å². The maximum Gasteiger partial charge on any atom is 0.232 e. The van der Waals surface area contributed by atoms with Gasteiger partial charge < -0.3 is 14.4 Å². The molecule has 0 amide bonds. The van der Waals surface area contributed by atoms with Crippen molar-refractivity contribution in [3.8, 4) is 5.88 Å². The van der Waals surface area contributed by atoms with E-state index in [0.717, 1.165) is 36.1 Å². The number of ether oxygens (including phenoxy) is 2. The van der Waals surface area contributed by atoms with Crippen LogP contribution in [0.2, 0.25) is 0 Å². The summed E-state index contributed by atoms with van der Waals surface area (Å²) in [5, 5.41) is 10.2. The Morgan fingerprint density at radius 1 is 1.36 bits per heavy atom. The van der Waals surface area contributed by atoms with Crippen LogP contribution in [0.4, 0.5) is 5.13 Å². The van der Waals surface area contributed by atoms with Crippen LogP contribution < -0.4 is 9.64 Å². The van der Waals surface area contributed by atoms with Crippen LogP contribution in [0, 0.1) is 6.92 Å². The summed E-state index contributed by atoms with van der Waals surface area (Å²) in [6.45, 7) is 4.39. The molecule has 2 aliphatic rings. The highest BCUT2D eigenvalue weighted by Crippen LogP contribution is 2.38. The van der Waals surface area contributed by atoms with Crippen LogP contribution in [0.1, 0.15) is 17.8 Å². The molecule has 0 radical (unpaired) electrons. The average molecular weight is 319 g/mol. The van der Waals surface area contributed by atoms with Crippen molar-refractivity contribution in [2.75, 3.05) is 24.6 Å². The Balaban J connectivity index is 1.38. The van der Waals surface area contributed by atoms with Gasteiger partial charge in [0.05, 0.1) is 25.9 Å². The van der Waals surface area contributed by atoms with Crippen molar-refractivity contribution in [3.05, 3.63) is 23.6 Å². The first kappa shape index (κ1) is 13.8. The van der Waals surface area contributed by atoms with Crippen LogP contribution in [0.5, 0.6) is 5.88 Å². The standard InChI is InChI=1S/C14H17N5O2S/c1-10-17-18-13(22-10)19-8-14(9-19)6-11(2-5-20-14)21-12-7-15-3-4-16-12/h3-4,7,11H,2,5-6,8-9H2,1H3/t11-/m0/s1. The highest BCUT2D eigenvalue weighted by atomic mass is 32.1. The first-order chi connectivity index (χ1) is 10.7. The van der Waals surface area contributed by atoms with Gasteiger partial charge in [-0.3, -0.25) is 4.98 Å². The molecule has 0 saturated carbocycles. The molecule has 8 heteroatoms. The number of nitrogens with zero attached hydrogens (tertiary/aromatic N) is 5. The first-order valence-electron chi connectivity index (χ1n) is 7.34. The molecule has 116 valence electrons. The van der Waals surface area contributed by atoms with E-state index in [4.69, 9.17) is 9.47 Å². The van der Waals surface area contributed by atoms with Gasteiger partial charge in [-0.2, -0.15) is 0 Å². The third-order valence-corrected chi connectivity index (χ3v) is 4.92. The van der Waals surface area contributed by atoms with Crippen molar-refractivity contribution in [3.63, 3.8) is 0 Å². The van der Waals surface area contributed by atoms with Gasteiger partial charge in [0.25, 0.3) is 0 Å². The lowest BCUT2D eigenvalue weighted by Gasteiger charge is -2.52. The molecule has 0 unspecified atom stereocenters. The Hall–Kier alpha value is -1.80. The van der Waals surface area contributed by atoms with Gasteiger partial charge in [-0.05, 0) is 6.92 Å². The Bertz CT molecular complexity index is 644. The van der Waals surface area contributed by atoms with Crippen LogP contribution in [0.3, 0.4) is 0 Å². The molecule has 0 N–H and O–H groups in total. The van der Waals surface area contributed by atoms with Gasteiger partial charge in [0, 0.05) is 25.2 Å². The smallest absolute Gasteiger partial charge is 0.232 e. The number of anilines is 1. The zero-order chi connectivity index (χ0) is 15.0. The highest BCUT2D eigenvalue weighted by Gasteiger charge is 2.49. The second-order valence-corrected chi connectivity index (χ2v) is 6.93. The Morgan fingerprint density at radius 3 is 3.00 bits per heavy atom. The molecule has 0 aromatic carbocycles. The van der Waals surface area contributed by atoms with E-state index in [1.54, 1.807) is 29.9 Å². The number of hydrogen-bond donors (Lipinski definition) is 0. The summed E-state index contributed by atoms with van der Waals surface area (Å²) in [4.78, 5) is 10.4. The van der Waals surface area contributed by atoms with Gasteiger partial charge in [-0.15, -0.1) is 10.2 Å². The number of aromatic nitrogens is 4. The van der Waals surface area contributed by atoms with Crippen molar-refractivity contribution in [2.45, 2.75) is 31.5 Å². The van der Waals surface area contributed by atoms with E-state index < -0.39 is 0 Å². The minimum absolute atomic E-state index is 0.120. The predicted octanol–water partition coefficient (Wildman–Crippen LogP) is 1.45. The largest absolute Gasteiger partial charge is 0.473 e. The lowest BCUT2D eigenvalue weighted by Crippen LogP contribution is -2.66. The summed E-state index contributed by atoms with van der Waals surface area (Å²) < 4.78 is 12.0. The topological polar surface area (TPSA) is 73.3 Å². The molecule has 1 spiro atoms. The molecule has 2 saturated heterocycles. The summed E-state index contributed by atoms with van der Waals surface area (Å²) in [5.74, 6) is 0.584. The molecule has 1 atom stereocenters. The molecule has 0 bridgehead atoms. The molecule has 4 heterocycles. The zero-order valence-electron chi connectivity index (χ0n) is 12.3. The average Bonchev–Trinajstić information content (AvgIpc) is 2.92. The summed E-state index contributed by atoms with van der Waals surface area (Å²) in [6, 6.07) is 0. The maximum atomic E-state index is 6.03. The SMILES string of the molecule is Cc1nnc(N2CC3(C[C@@H](Oc4cnccn4)CCO3)C2)s1. The Kier molecular flexibility index (Phi) is 3.42. The number of aryl methyl sites for hydroxylation is 1. The summed E-state index contributed by atoms with van der Waals surface area (Å²) in [6.07, 6.45) is 6.83. The Labute approximate surface area is 132 Å². The minimum Gasteiger partial charge on any atom is -0.473 e. The lowest BCUT2D eigenvalue weighted by atomic mass is 9.85. The van der Waals surface area contributed by atoms with E-state index in [1.807, 2.05) is 6.92 Å². The van der Waals surface area contributed by atoms with Crippen molar-refractivity contribution in [2.24, 2.45) is 0 Å². The summed E-state index contributed by atoms with van der Waals surface area (Å²) in [5.41, 5.74) is -0.120. The molecule has 2 fully saturated rings. The van der Waals surface area contributed by atoms with Crippen molar-refractivity contribution >= 4 is 16.5 Å². The fourth-order valence-electron chi connectivity index (χ4n) is 3.02. The van der Waals surface area contributed by atoms with E-state index in [2.05, 4.69) is 25.1 Å². The normalized spacial score (nSPS) is 23.3. The third kappa shape index (κ3) is 2.64. The molecule has 22 heavy (non-hydrogen) atoms. The van der Waals surface area contributed by atoms with Crippen LogP contribution in [-0.4, -0.2) is 51.6 Å². The maximum absolute atomic E-state index is 6.03. The van der Waals surface area contributed by atoms with Gasteiger partial charge in [0.1, 0.15) is 16.7 Å². The van der Waals surface area contributed by atoms with Crippen molar-refractivity contribution in [1.82, 2.24) is 20.2 Å². The van der Waals surface area contributed by atoms with Crippen LogP contribution >= 0.6 is 11.3 Å². The molecule has 7 nitrogen and oxygen atoms in total. The molecule has 2 aliphatic heterocycles. The van der Waals surface area contributed by atoms with E-state index in [1.165, 1.54) is 0 Å². The summed E-state index contributed by atoms with van der Waals surface area (Å²) >= 11 is 1.62. The fourth-order valence-corrected chi connectivity index (χ4v) is 3.71. The first-order valence-corrected chi connectivity index (χ1v) is 8.16. The van der Waals surface area contributed by atoms with Gasteiger partial charge >= 0.3 is 0 Å². The molecular formula is C14H17N5O2S. The van der Waals surface area contributed by atoms with E-state index in [9.17, 15) is 0 Å². The monoisotopic (exact) mass is 319 g/mol. The van der Waals surface area contributed by atoms with Crippen molar-refractivity contribution in [1.29, 1.82) is 0 Å². The van der Waals surface area contributed by atoms with Crippen LogP contribution in [0.15, 0.2) is 18.6 Å². The molecule has 2 aromatic rings. The van der Waals surface area contributed by atoms with Gasteiger partial charge in [-0.25, -0.2) is 4.98 Å². The van der Waals surface area contributed by atoms with Gasteiger partial charge in [0.2, 0.25) is 11.0 Å². The fraction of sp³-hybridized carbons (Fsp3) is 0.571. The highest BCUT2D eigenvalue weighted by molar-refractivity contribution is 7.15. The number of hydrogen-bond acceptors (Lipinski definition) is 8. The van der Waals surface area contributed by atoms with Gasteiger partial charge in [-0.1, -0.05) is 11.3 Å².